The molecular formula is C24H27FN6O2. The summed E-state index contributed by atoms with van der Waals surface area (Å²) in [5.74, 6) is -0.0259. The fraction of sp³-hybridized carbons (Fsp3) is 0.333. The molecule has 1 atom stereocenters. The lowest BCUT2D eigenvalue weighted by molar-refractivity contribution is 0.0912. The second-order valence-electron chi connectivity index (χ2n) is 7.93. The largest absolute Gasteiger partial charge is 0.372 e. The van der Waals surface area contributed by atoms with Gasteiger partial charge in [0.2, 0.25) is 0 Å². The number of amides is 2. The molecule has 1 aliphatic rings. The summed E-state index contributed by atoms with van der Waals surface area (Å²) in [6, 6.07) is 12.6. The lowest BCUT2D eigenvalue weighted by atomic mass is 10.0. The van der Waals surface area contributed by atoms with Crippen LogP contribution in [0.4, 0.5) is 4.39 Å². The topological polar surface area (TPSA) is 112 Å². The summed E-state index contributed by atoms with van der Waals surface area (Å²) in [7, 11) is 0. The predicted octanol–water partition coefficient (Wildman–Crippen LogP) is 3.09. The number of nitrogens with one attached hydrogen (secondary N) is 4. The van der Waals surface area contributed by atoms with Gasteiger partial charge in [-0.05, 0) is 43.5 Å². The molecule has 2 aromatic carbocycles. The molecule has 3 aromatic rings. The maximum atomic E-state index is 13.3. The van der Waals surface area contributed by atoms with Crippen molar-refractivity contribution in [3.05, 3.63) is 65.0 Å². The number of carbonyl (C=O) groups is 2. The van der Waals surface area contributed by atoms with Crippen LogP contribution in [0.3, 0.4) is 0 Å². The van der Waals surface area contributed by atoms with E-state index in [-0.39, 0.29) is 17.6 Å². The Labute approximate surface area is 191 Å². The Hall–Kier alpha value is -3.75. The average Bonchev–Trinajstić information content (AvgIpc) is 3.41. The number of rotatable bonds is 9. The number of hydrogen-bond acceptors (Lipinski definition) is 4. The van der Waals surface area contributed by atoms with Crippen molar-refractivity contribution in [2.75, 3.05) is 13.2 Å². The van der Waals surface area contributed by atoms with Gasteiger partial charge in [0.15, 0.2) is 0 Å². The van der Waals surface area contributed by atoms with Crippen LogP contribution >= 0.6 is 0 Å². The third-order valence-corrected chi connectivity index (χ3v) is 5.82. The standard InChI is InChI=1S/C24H27FN6O2/c1-2-31-19-11-4-3-9-17(19)29-22(31)18(10-6-12-27-20(26)13-25)30-23(32)16-8-5-7-15-14-28-24(33)21(15)16/h3-5,7-9,11,18H,2,6,10,12-14H2,1H3,(H2,26,27)(H,28,33)(H,30,32). The zero-order valence-electron chi connectivity index (χ0n) is 18.5. The van der Waals surface area contributed by atoms with Crippen molar-refractivity contribution >= 4 is 28.7 Å². The second-order valence-corrected chi connectivity index (χ2v) is 7.93. The summed E-state index contributed by atoms with van der Waals surface area (Å²) in [6.07, 6.45) is 1.12. The summed E-state index contributed by atoms with van der Waals surface area (Å²) in [5, 5.41) is 16.0. The number of aryl methyl sites for hydroxylation is 1. The van der Waals surface area contributed by atoms with Gasteiger partial charge in [-0.25, -0.2) is 9.37 Å². The first kappa shape index (κ1) is 22.4. The van der Waals surface area contributed by atoms with Crippen LogP contribution in [-0.2, 0) is 13.1 Å². The first-order valence-corrected chi connectivity index (χ1v) is 11.1. The summed E-state index contributed by atoms with van der Waals surface area (Å²) in [6.45, 7) is 2.68. The molecule has 0 saturated carbocycles. The molecule has 9 heteroatoms. The van der Waals surface area contributed by atoms with E-state index in [4.69, 9.17) is 10.4 Å². The molecule has 2 amide bonds. The van der Waals surface area contributed by atoms with E-state index >= 15 is 0 Å². The van der Waals surface area contributed by atoms with E-state index in [1.807, 2.05) is 37.3 Å². The van der Waals surface area contributed by atoms with Gasteiger partial charge in [0, 0.05) is 19.6 Å². The van der Waals surface area contributed by atoms with Crippen molar-refractivity contribution in [1.82, 2.24) is 25.5 Å². The molecule has 4 N–H and O–H groups in total. The fourth-order valence-corrected chi connectivity index (χ4v) is 4.26. The Bertz CT molecular complexity index is 1200. The SMILES string of the molecule is CCn1c(C(CCCNC(=N)CF)NC(=O)c2cccc3c2C(=O)NC3)nc2ccccc21. The van der Waals surface area contributed by atoms with Gasteiger partial charge in [0.1, 0.15) is 18.3 Å². The van der Waals surface area contributed by atoms with E-state index < -0.39 is 12.7 Å². The quantitative estimate of drug-likeness (QED) is 0.228. The molecule has 0 radical (unpaired) electrons. The molecule has 0 aliphatic carbocycles. The minimum atomic E-state index is -0.840. The summed E-state index contributed by atoms with van der Waals surface area (Å²) in [4.78, 5) is 30.4. The average molecular weight is 451 g/mol. The van der Waals surface area contributed by atoms with E-state index in [9.17, 15) is 14.0 Å². The summed E-state index contributed by atoms with van der Waals surface area (Å²) >= 11 is 0. The third-order valence-electron chi connectivity index (χ3n) is 5.82. The van der Waals surface area contributed by atoms with Crippen molar-refractivity contribution in [3.8, 4) is 0 Å². The van der Waals surface area contributed by atoms with Crippen molar-refractivity contribution in [2.24, 2.45) is 0 Å². The molecule has 0 fully saturated rings. The second kappa shape index (κ2) is 9.81. The van der Waals surface area contributed by atoms with Gasteiger partial charge in [-0.1, -0.05) is 24.3 Å². The van der Waals surface area contributed by atoms with Gasteiger partial charge >= 0.3 is 0 Å². The Morgan fingerprint density at radius 3 is 2.88 bits per heavy atom. The van der Waals surface area contributed by atoms with Gasteiger partial charge in [-0.3, -0.25) is 15.0 Å². The van der Waals surface area contributed by atoms with Crippen molar-refractivity contribution in [3.63, 3.8) is 0 Å². The number of para-hydroxylation sites is 2. The van der Waals surface area contributed by atoms with Crippen LogP contribution in [0.2, 0.25) is 0 Å². The van der Waals surface area contributed by atoms with E-state index in [2.05, 4.69) is 20.5 Å². The monoisotopic (exact) mass is 450 g/mol. The van der Waals surface area contributed by atoms with E-state index in [0.29, 0.717) is 43.6 Å². The van der Waals surface area contributed by atoms with Crippen molar-refractivity contribution in [1.29, 1.82) is 5.41 Å². The van der Waals surface area contributed by atoms with Gasteiger partial charge in [0.05, 0.1) is 28.2 Å². The van der Waals surface area contributed by atoms with Crippen LogP contribution in [0.5, 0.6) is 0 Å². The van der Waals surface area contributed by atoms with Crippen LogP contribution in [0, 0.1) is 5.41 Å². The zero-order valence-corrected chi connectivity index (χ0v) is 18.5. The lowest BCUT2D eigenvalue weighted by Gasteiger charge is -2.20. The number of carbonyl (C=O) groups excluding carboxylic acids is 2. The number of alkyl halides is 1. The number of imidazole rings is 1. The van der Waals surface area contributed by atoms with Gasteiger partial charge in [-0.2, -0.15) is 0 Å². The molecule has 172 valence electrons. The molecule has 4 rings (SSSR count). The van der Waals surface area contributed by atoms with Gasteiger partial charge < -0.3 is 20.5 Å². The third kappa shape index (κ3) is 4.57. The lowest BCUT2D eigenvalue weighted by Crippen LogP contribution is -2.33. The van der Waals surface area contributed by atoms with Crippen LogP contribution in [0.15, 0.2) is 42.5 Å². The number of aromatic nitrogens is 2. The Morgan fingerprint density at radius 2 is 2.09 bits per heavy atom. The van der Waals surface area contributed by atoms with Crippen LogP contribution in [0.25, 0.3) is 11.0 Å². The highest BCUT2D eigenvalue weighted by Gasteiger charge is 2.28. The molecule has 0 bridgehead atoms. The fourth-order valence-electron chi connectivity index (χ4n) is 4.26. The normalized spacial score (nSPS) is 13.5. The Kier molecular flexibility index (Phi) is 6.67. The Morgan fingerprint density at radius 1 is 1.27 bits per heavy atom. The number of halogens is 1. The number of amidine groups is 1. The molecule has 8 nitrogen and oxygen atoms in total. The van der Waals surface area contributed by atoms with Crippen LogP contribution in [-0.4, -0.2) is 40.4 Å². The minimum Gasteiger partial charge on any atom is -0.372 e. The van der Waals surface area contributed by atoms with E-state index in [1.54, 1.807) is 12.1 Å². The molecule has 1 unspecified atom stereocenters. The molecule has 33 heavy (non-hydrogen) atoms. The first-order valence-electron chi connectivity index (χ1n) is 11.1. The predicted molar refractivity (Wildman–Crippen MR) is 124 cm³/mol. The highest BCUT2D eigenvalue weighted by atomic mass is 19.1. The van der Waals surface area contributed by atoms with Crippen LogP contribution < -0.4 is 16.0 Å². The first-order chi connectivity index (χ1) is 16.0. The molecule has 0 saturated heterocycles. The van der Waals surface area contributed by atoms with E-state index in [0.717, 1.165) is 22.4 Å². The molecule has 2 heterocycles. The van der Waals surface area contributed by atoms with Crippen molar-refractivity contribution in [2.45, 2.75) is 38.9 Å². The molecule has 1 aliphatic heterocycles. The molecule has 1 aromatic heterocycles. The highest BCUT2D eigenvalue weighted by molar-refractivity contribution is 6.09. The minimum absolute atomic E-state index is 0.165. The number of fused-ring (bicyclic) bond motifs is 2. The summed E-state index contributed by atoms with van der Waals surface area (Å²) < 4.78 is 14.6. The Balaban J connectivity index is 1.63. The number of nitrogens with zero attached hydrogens (tertiary/aromatic N) is 2. The number of hydrogen-bond donors (Lipinski definition) is 4. The molecule has 0 spiro atoms. The maximum Gasteiger partial charge on any atom is 0.252 e. The zero-order chi connectivity index (χ0) is 23.4. The van der Waals surface area contributed by atoms with Crippen molar-refractivity contribution < 1.29 is 14.0 Å². The number of benzene rings is 2. The maximum absolute atomic E-state index is 13.3. The van der Waals surface area contributed by atoms with Crippen LogP contribution in [0.1, 0.15) is 57.9 Å². The highest BCUT2D eigenvalue weighted by Crippen LogP contribution is 2.26. The van der Waals surface area contributed by atoms with Gasteiger partial charge in [-0.15, -0.1) is 0 Å². The van der Waals surface area contributed by atoms with Gasteiger partial charge in [0.25, 0.3) is 11.8 Å². The van der Waals surface area contributed by atoms with E-state index in [1.165, 1.54) is 0 Å². The molecular weight excluding hydrogens is 423 g/mol. The smallest absolute Gasteiger partial charge is 0.252 e. The summed E-state index contributed by atoms with van der Waals surface area (Å²) in [5.41, 5.74) is 3.37.